The number of aromatic nitrogens is 2. The number of rotatable bonds is 6. The molecule has 0 aliphatic rings. The summed E-state index contributed by atoms with van der Waals surface area (Å²) in [5.74, 6) is 1.03. The van der Waals surface area contributed by atoms with E-state index in [1.54, 1.807) is 73.2 Å². The number of hydrogen-bond donors (Lipinski definition) is 1. The van der Waals surface area contributed by atoms with Crippen molar-refractivity contribution in [3.05, 3.63) is 119 Å². The van der Waals surface area contributed by atoms with Crippen LogP contribution in [-0.4, -0.2) is 28.0 Å². The van der Waals surface area contributed by atoms with Gasteiger partial charge < -0.3 is 4.74 Å². The third-order valence-electron chi connectivity index (χ3n) is 4.34. The quantitative estimate of drug-likeness (QED) is 0.130. The van der Waals surface area contributed by atoms with E-state index in [0.29, 0.717) is 28.7 Å². The van der Waals surface area contributed by atoms with E-state index in [-0.39, 0.29) is 0 Å². The average molecular weight is 500 g/mol. The van der Waals surface area contributed by atoms with Crippen molar-refractivity contribution < 1.29 is 9.53 Å². The van der Waals surface area contributed by atoms with Crippen molar-refractivity contribution in [2.75, 3.05) is 0 Å². The van der Waals surface area contributed by atoms with Crippen LogP contribution in [0, 0.1) is 0 Å². The molecule has 0 spiro atoms. The van der Waals surface area contributed by atoms with Gasteiger partial charge in [-0.15, -0.1) is 0 Å². The summed E-state index contributed by atoms with van der Waals surface area (Å²) >= 11 is 3.34. The highest BCUT2D eigenvalue weighted by Gasteiger charge is 2.08. The first-order chi connectivity index (χ1) is 16.2. The number of benzene rings is 2. The first-order valence-electron chi connectivity index (χ1n) is 9.95. The Morgan fingerprint density at radius 1 is 0.879 bits per heavy atom. The van der Waals surface area contributed by atoms with Crippen molar-refractivity contribution in [3.63, 3.8) is 0 Å². The lowest BCUT2D eigenvalue weighted by atomic mass is 10.2. The van der Waals surface area contributed by atoms with Crippen molar-refractivity contribution in [2.45, 2.75) is 0 Å². The lowest BCUT2D eigenvalue weighted by molar-refractivity contribution is 0.0734. The third kappa shape index (κ3) is 6.41. The molecule has 0 aliphatic carbocycles. The number of hydrazone groups is 1. The van der Waals surface area contributed by atoms with E-state index in [4.69, 9.17) is 4.74 Å². The third-order valence-corrected chi connectivity index (χ3v) is 4.87. The number of amidine groups is 1. The van der Waals surface area contributed by atoms with Gasteiger partial charge in [-0.1, -0.05) is 28.1 Å². The Hall–Kier alpha value is -4.17. The van der Waals surface area contributed by atoms with E-state index in [9.17, 15) is 4.79 Å². The lowest BCUT2D eigenvalue weighted by Gasteiger charge is -2.06. The highest BCUT2D eigenvalue weighted by Crippen LogP contribution is 2.16. The molecule has 8 heteroatoms. The van der Waals surface area contributed by atoms with Crippen LogP contribution >= 0.6 is 15.9 Å². The van der Waals surface area contributed by atoms with Gasteiger partial charge in [-0.25, -0.2) is 14.8 Å². The molecule has 0 unspecified atom stereocenters. The maximum Gasteiger partial charge on any atom is 0.343 e. The summed E-state index contributed by atoms with van der Waals surface area (Å²) in [5.41, 5.74) is 4.85. The van der Waals surface area contributed by atoms with Gasteiger partial charge in [0.05, 0.1) is 11.8 Å². The van der Waals surface area contributed by atoms with Crippen LogP contribution in [0.1, 0.15) is 21.6 Å². The Morgan fingerprint density at radius 2 is 1.61 bits per heavy atom. The van der Waals surface area contributed by atoms with Crippen LogP contribution < -0.4 is 10.2 Å². The molecule has 0 fully saturated rings. The number of carbonyl (C=O) groups is 1. The monoisotopic (exact) mass is 499 g/mol. The molecule has 7 nitrogen and oxygen atoms in total. The van der Waals surface area contributed by atoms with E-state index >= 15 is 0 Å². The van der Waals surface area contributed by atoms with Gasteiger partial charge in [0.2, 0.25) is 0 Å². The van der Waals surface area contributed by atoms with Gasteiger partial charge in [0, 0.05) is 16.9 Å². The minimum Gasteiger partial charge on any atom is -0.423 e. The molecule has 0 saturated heterocycles. The molecule has 0 bridgehead atoms. The fraction of sp³-hybridized carbons (Fsp3) is 0. The number of pyridine rings is 2. The Labute approximate surface area is 199 Å². The smallest absolute Gasteiger partial charge is 0.343 e. The average Bonchev–Trinajstić information content (AvgIpc) is 2.86. The number of carbonyl (C=O) groups excluding carboxylic acids is 1. The number of halogens is 1. The number of nitrogens with zero attached hydrogens (tertiary/aromatic N) is 4. The minimum absolute atomic E-state index is 0.420. The second kappa shape index (κ2) is 10.9. The zero-order chi connectivity index (χ0) is 22.9. The van der Waals surface area contributed by atoms with Crippen molar-refractivity contribution >= 4 is 39.8 Å². The van der Waals surface area contributed by atoms with Crippen LogP contribution in [0.3, 0.4) is 0 Å². The molecule has 0 atom stereocenters. The zero-order valence-corrected chi connectivity index (χ0v) is 18.9. The molecule has 2 heterocycles. The van der Waals surface area contributed by atoms with Crippen LogP contribution in [0.2, 0.25) is 0 Å². The van der Waals surface area contributed by atoms with Gasteiger partial charge in [-0.2, -0.15) is 5.10 Å². The lowest BCUT2D eigenvalue weighted by Crippen LogP contribution is -2.20. The second-order valence-corrected chi connectivity index (χ2v) is 7.61. The molecule has 4 aromatic rings. The predicted molar refractivity (Wildman–Crippen MR) is 131 cm³/mol. The summed E-state index contributed by atoms with van der Waals surface area (Å²) in [6, 6.07) is 25.0. The van der Waals surface area contributed by atoms with Crippen molar-refractivity contribution in [3.8, 4) is 5.75 Å². The van der Waals surface area contributed by atoms with E-state index in [1.165, 1.54) is 0 Å². The number of ether oxygens (including phenoxy) is 1. The Balaban J connectivity index is 1.42. The standard InChI is InChI=1S/C25H18BrN5O2/c26-20-11-9-19(10-12-20)25(32)33-21-13-7-18(8-14-21)17-29-31-24(22-5-1-3-15-27-22)30-23-6-2-4-16-28-23/h1-17H,(H,28,30,31)/b29-17+. The van der Waals surface area contributed by atoms with Gasteiger partial charge in [-0.3, -0.25) is 10.4 Å². The van der Waals surface area contributed by atoms with Crippen molar-refractivity contribution in [2.24, 2.45) is 10.1 Å². The molecule has 0 amide bonds. The summed E-state index contributed by atoms with van der Waals surface area (Å²) in [4.78, 5) is 25.3. The molecular formula is C25H18BrN5O2. The largest absolute Gasteiger partial charge is 0.423 e. The number of hydrogen-bond acceptors (Lipinski definition) is 6. The summed E-state index contributed by atoms with van der Waals surface area (Å²) in [6.45, 7) is 0. The number of esters is 1. The molecule has 2 aromatic carbocycles. The van der Waals surface area contributed by atoms with E-state index in [1.807, 2.05) is 30.3 Å². The zero-order valence-electron chi connectivity index (χ0n) is 17.3. The molecule has 0 radical (unpaired) electrons. The van der Waals surface area contributed by atoms with Gasteiger partial charge in [0.25, 0.3) is 0 Å². The predicted octanol–water partition coefficient (Wildman–Crippen LogP) is 5.16. The molecular weight excluding hydrogens is 482 g/mol. The molecule has 2 aromatic heterocycles. The molecule has 162 valence electrons. The second-order valence-electron chi connectivity index (χ2n) is 6.70. The topological polar surface area (TPSA) is 88.8 Å². The van der Waals surface area contributed by atoms with Crippen LogP contribution in [0.4, 0.5) is 5.82 Å². The maximum absolute atomic E-state index is 12.2. The van der Waals surface area contributed by atoms with Gasteiger partial charge in [0.15, 0.2) is 11.7 Å². The summed E-state index contributed by atoms with van der Waals surface area (Å²) in [5, 5.41) is 4.28. The van der Waals surface area contributed by atoms with Crippen molar-refractivity contribution in [1.82, 2.24) is 15.4 Å². The SMILES string of the molecule is O=C(Oc1ccc(/C=N/N/C(=N/c2ccccn2)c2ccccn2)cc1)c1ccc(Br)cc1. The van der Waals surface area contributed by atoms with Crippen LogP contribution in [-0.2, 0) is 0 Å². The van der Waals surface area contributed by atoms with E-state index < -0.39 is 5.97 Å². The highest BCUT2D eigenvalue weighted by atomic mass is 79.9. The van der Waals surface area contributed by atoms with Crippen LogP contribution in [0.5, 0.6) is 5.75 Å². The Morgan fingerprint density at radius 3 is 2.27 bits per heavy atom. The maximum atomic E-state index is 12.2. The highest BCUT2D eigenvalue weighted by molar-refractivity contribution is 9.10. The van der Waals surface area contributed by atoms with E-state index in [0.717, 1.165) is 10.0 Å². The fourth-order valence-corrected chi connectivity index (χ4v) is 2.98. The van der Waals surface area contributed by atoms with Crippen molar-refractivity contribution in [1.29, 1.82) is 0 Å². The summed E-state index contributed by atoms with van der Waals surface area (Å²) in [6.07, 6.45) is 4.99. The van der Waals surface area contributed by atoms with E-state index in [2.05, 4.69) is 41.4 Å². The molecule has 1 N–H and O–H groups in total. The van der Waals surface area contributed by atoms with Gasteiger partial charge in [-0.05, 0) is 78.4 Å². The van der Waals surface area contributed by atoms with Crippen LogP contribution in [0.15, 0.2) is 112 Å². The Bertz CT molecular complexity index is 1260. The molecule has 0 aliphatic heterocycles. The molecule has 0 saturated carbocycles. The van der Waals surface area contributed by atoms with Gasteiger partial charge in [0.1, 0.15) is 11.4 Å². The summed E-state index contributed by atoms with van der Waals surface area (Å²) < 4.78 is 6.31. The Kier molecular flexibility index (Phi) is 7.29. The molecule has 4 rings (SSSR count). The van der Waals surface area contributed by atoms with Gasteiger partial charge >= 0.3 is 5.97 Å². The fourth-order valence-electron chi connectivity index (χ4n) is 2.72. The minimum atomic E-state index is -0.420. The number of nitrogens with one attached hydrogen (secondary N) is 1. The normalized spacial score (nSPS) is 11.4. The first kappa shape index (κ1) is 22.0. The van der Waals surface area contributed by atoms with Crippen LogP contribution in [0.25, 0.3) is 0 Å². The summed E-state index contributed by atoms with van der Waals surface area (Å²) in [7, 11) is 0. The first-order valence-corrected chi connectivity index (χ1v) is 10.7. The number of aliphatic imine (C=N–C) groups is 1. The molecule has 33 heavy (non-hydrogen) atoms.